The summed E-state index contributed by atoms with van der Waals surface area (Å²) in [5.74, 6) is -1.95. The number of benzene rings is 1. The monoisotopic (exact) mass is 244 g/mol. The Balaban J connectivity index is 3.20. The fourth-order valence-electron chi connectivity index (χ4n) is 1.16. The average Bonchev–Trinajstić information content (AvgIpc) is 2.24. The molecule has 0 atom stereocenters. The molecule has 17 heavy (non-hydrogen) atoms. The van der Waals surface area contributed by atoms with Gasteiger partial charge in [-0.2, -0.15) is 18.3 Å². The summed E-state index contributed by atoms with van der Waals surface area (Å²) in [6.45, 7) is 0. The molecule has 1 aromatic carbocycles. The van der Waals surface area contributed by atoms with Gasteiger partial charge in [0, 0.05) is 19.7 Å². The molecule has 0 aliphatic rings. The van der Waals surface area contributed by atoms with Gasteiger partial charge in [0.25, 0.3) is 5.78 Å². The Morgan fingerprint density at radius 2 is 1.71 bits per heavy atom. The minimum atomic E-state index is -4.93. The minimum absolute atomic E-state index is 0.142. The number of nitrogens with zero attached hydrogens (tertiary/aromatic N) is 2. The first kappa shape index (κ1) is 13.2. The lowest BCUT2D eigenvalue weighted by molar-refractivity contribution is -0.163. The molecule has 0 N–H and O–H groups in total. The first-order valence-corrected chi connectivity index (χ1v) is 4.75. The number of hydrogen-bond acceptors (Lipinski definition) is 3. The van der Waals surface area contributed by atoms with E-state index in [4.69, 9.17) is 0 Å². The normalized spacial score (nSPS) is 12.4. The number of carbonyl (C=O) groups is 1. The smallest absolute Gasteiger partial charge is 0.302 e. The topological polar surface area (TPSA) is 32.7 Å². The van der Waals surface area contributed by atoms with Gasteiger partial charge in [-0.3, -0.25) is 4.79 Å². The highest BCUT2D eigenvalue weighted by molar-refractivity contribution is 6.47. The molecule has 0 bridgehead atoms. The van der Waals surface area contributed by atoms with E-state index in [1.165, 1.54) is 26.2 Å². The predicted molar refractivity (Wildman–Crippen MR) is 57.7 cm³/mol. The average molecular weight is 244 g/mol. The number of ketones is 1. The van der Waals surface area contributed by atoms with Gasteiger partial charge in [-0.1, -0.05) is 30.3 Å². The number of hydrazone groups is 1. The van der Waals surface area contributed by atoms with Crippen LogP contribution in [0.3, 0.4) is 0 Å². The number of Topliss-reactive ketones (excluding diaryl/α,β-unsaturated/α-hetero) is 1. The maximum absolute atomic E-state index is 12.4. The molecule has 6 heteroatoms. The van der Waals surface area contributed by atoms with Gasteiger partial charge in [0.15, 0.2) is 0 Å². The van der Waals surface area contributed by atoms with Crippen molar-refractivity contribution in [2.45, 2.75) is 6.18 Å². The van der Waals surface area contributed by atoms with Gasteiger partial charge in [0.2, 0.25) is 0 Å². The third-order valence-electron chi connectivity index (χ3n) is 1.82. The predicted octanol–water partition coefficient (Wildman–Crippen LogP) is 2.08. The molecule has 0 aromatic heterocycles. The molecule has 3 nitrogen and oxygen atoms in total. The van der Waals surface area contributed by atoms with Crippen LogP contribution in [0.15, 0.2) is 35.4 Å². The molecule has 0 saturated heterocycles. The second-order valence-electron chi connectivity index (χ2n) is 3.49. The lowest BCUT2D eigenvalue weighted by Crippen LogP contribution is -2.32. The lowest BCUT2D eigenvalue weighted by Gasteiger charge is -2.11. The van der Waals surface area contributed by atoms with Crippen LogP contribution in [0.2, 0.25) is 0 Å². The van der Waals surface area contributed by atoms with Crippen molar-refractivity contribution in [2.24, 2.45) is 5.10 Å². The third kappa shape index (κ3) is 3.58. The highest BCUT2D eigenvalue weighted by atomic mass is 19.4. The van der Waals surface area contributed by atoms with Crippen LogP contribution in [0.4, 0.5) is 13.2 Å². The number of halogens is 3. The summed E-state index contributed by atoms with van der Waals surface area (Å²) in [6.07, 6.45) is -4.93. The van der Waals surface area contributed by atoms with E-state index in [0.717, 1.165) is 5.01 Å². The second kappa shape index (κ2) is 4.99. The van der Waals surface area contributed by atoms with E-state index < -0.39 is 17.7 Å². The van der Waals surface area contributed by atoms with E-state index in [1.807, 2.05) is 0 Å². The Bertz CT molecular complexity index is 424. The molecule has 0 saturated carbocycles. The van der Waals surface area contributed by atoms with Crippen molar-refractivity contribution < 1.29 is 18.0 Å². The van der Waals surface area contributed by atoms with Gasteiger partial charge in [0.1, 0.15) is 5.71 Å². The van der Waals surface area contributed by atoms with Gasteiger partial charge in [0.05, 0.1) is 0 Å². The molecule has 0 heterocycles. The molecule has 0 spiro atoms. The van der Waals surface area contributed by atoms with Crippen molar-refractivity contribution in [1.82, 2.24) is 5.01 Å². The Labute approximate surface area is 96.5 Å². The lowest BCUT2D eigenvalue weighted by atomic mass is 10.1. The van der Waals surface area contributed by atoms with E-state index in [0.29, 0.717) is 0 Å². The number of carbonyl (C=O) groups excluding carboxylic acids is 1. The Morgan fingerprint density at radius 3 is 2.12 bits per heavy atom. The largest absolute Gasteiger partial charge is 0.456 e. The van der Waals surface area contributed by atoms with E-state index in [1.54, 1.807) is 18.2 Å². The van der Waals surface area contributed by atoms with Crippen LogP contribution < -0.4 is 0 Å². The summed E-state index contributed by atoms with van der Waals surface area (Å²) in [5, 5.41) is 4.75. The molecule has 0 aliphatic carbocycles. The van der Waals surface area contributed by atoms with Crippen LogP contribution in [0.1, 0.15) is 5.56 Å². The quantitative estimate of drug-likeness (QED) is 0.602. The zero-order valence-corrected chi connectivity index (χ0v) is 9.32. The molecule has 0 aliphatic heterocycles. The summed E-state index contributed by atoms with van der Waals surface area (Å²) in [5.41, 5.74) is -0.466. The maximum Gasteiger partial charge on any atom is 0.456 e. The van der Waals surface area contributed by atoms with Gasteiger partial charge in [-0.05, 0) is 0 Å². The van der Waals surface area contributed by atoms with E-state index >= 15 is 0 Å². The van der Waals surface area contributed by atoms with Crippen molar-refractivity contribution in [3.05, 3.63) is 35.9 Å². The summed E-state index contributed by atoms with van der Waals surface area (Å²) in [7, 11) is 2.90. The van der Waals surface area contributed by atoms with Gasteiger partial charge >= 0.3 is 6.18 Å². The van der Waals surface area contributed by atoms with Crippen molar-refractivity contribution in [3.63, 3.8) is 0 Å². The highest BCUT2D eigenvalue weighted by Gasteiger charge is 2.42. The zero-order valence-electron chi connectivity index (χ0n) is 9.32. The molecule has 92 valence electrons. The Hall–Kier alpha value is -1.85. The van der Waals surface area contributed by atoms with Crippen LogP contribution >= 0.6 is 0 Å². The maximum atomic E-state index is 12.4. The van der Waals surface area contributed by atoms with E-state index in [9.17, 15) is 18.0 Å². The molecule has 0 amide bonds. The van der Waals surface area contributed by atoms with Crippen LogP contribution in [0.25, 0.3) is 0 Å². The third-order valence-corrected chi connectivity index (χ3v) is 1.82. The molecular formula is C11H11F3N2O. The van der Waals surface area contributed by atoms with Gasteiger partial charge in [-0.25, -0.2) is 0 Å². The highest BCUT2D eigenvalue weighted by Crippen LogP contribution is 2.19. The summed E-state index contributed by atoms with van der Waals surface area (Å²) in [4.78, 5) is 11.2. The van der Waals surface area contributed by atoms with Crippen molar-refractivity contribution in [1.29, 1.82) is 0 Å². The van der Waals surface area contributed by atoms with Crippen molar-refractivity contribution in [3.8, 4) is 0 Å². The SMILES string of the molecule is CN(C)N=C(C(=O)C(F)(F)F)c1ccccc1. The number of rotatable bonds is 3. The number of alkyl halides is 3. The number of hydrogen-bond donors (Lipinski definition) is 0. The fourth-order valence-corrected chi connectivity index (χ4v) is 1.16. The van der Waals surface area contributed by atoms with Crippen LogP contribution in [0, 0.1) is 0 Å². The Morgan fingerprint density at radius 1 is 1.18 bits per heavy atom. The summed E-state index contributed by atoms with van der Waals surface area (Å²) >= 11 is 0. The first-order valence-electron chi connectivity index (χ1n) is 4.75. The van der Waals surface area contributed by atoms with Crippen LogP contribution in [-0.2, 0) is 4.79 Å². The van der Waals surface area contributed by atoms with Crippen LogP contribution in [0.5, 0.6) is 0 Å². The van der Waals surface area contributed by atoms with Gasteiger partial charge < -0.3 is 5.01 Å². The second-order valence-corrected chi connectivity index (χ2v) is 3.49. The zero-order chi connectivity index (χ0) is 13.1. The minimum Gasteiger partial charge on any atom is -0.302 e. The standard InChI is InChI=1S/C11H11F3N2O/c1-16(2)15-9(10(17)11(12,13)14)8-6-4-3-5-7-8/h3-7H,1-2H3. The molecule has 1 rings (SSSR count). The van der Waals surface area contributed by atoms with Crippen LogP contribution in [-0.4, -0.2) is 36.8 Å². The van der Waals surface area contributed by atoms with Crippen molar-refractivity contribution in [2.75, 3.05) is 14.1 Å². The summed E-state index contributed by atoms with van der Waals surface area (Å²) < 4.78 is 37.2. The van der Waals surface area contributed by atoms with E-state index in [-0.39, 0.29) is 5.56 Å². The van der Waals surface area contributed by atoms with Crippen molar-refractivity contribution >= 4 is 11.5 Å². The molecular weight excluding hydrogens is 233 g/mol. The Kier molecular flexibility index (Phi) is 3.88. The van der Waals surface area contributed by atoms with E-state index in [2.05, 4.69) is 5.10 Å². The molecule has 0 radical (unpaired) electrons. The summed E-state index contributed by atoms with van der Waals surface area (Å²) in [6, 6.07) is 7.56. The first-order chi connectivity index (χ1) is 7.82. The fraction of sp³-hybridized carbons (Fsp3) is 0.273. The molecule has 1 aromatic rings. The molecule has 0 unspecified atom stereocenters. The molecule has 0 fully saturated rings. The van der Waals surface area contributed by atoms with Gasteiger partial charge in [-0.15, -0.1) is 0 Å².